The van der Waals surface area contributed by atoms with Gasteiger partial charge in [-0.15, -0.1) is 0 Å². The van der Waals surface area contributed by atoms with E-state index in [0.717, 1.165) is 0 Å². The van der Waals surface area contributed by atoms with Crippen LogP contribution < -0.4 is 5.32 Å². The molecule has 2 rings (SSSR count). The standard InChI is InChI=1S/C14H20N2O4/c1-19-9-10-20-8-4-7-16-13(17)11-5-2-3-6-12(11)15-14(16)18/h2-3,5-6,14-15,18H,4,7-10H2,1H3. The summed E-state index contributed by atoms with van der Waals surface area (Å²) in [5.74, 6) is -0.163. The number of carbonyl (C=O) groups is 1. The van der Waals surface area contributed by atoms with Crippen molar-refractivity contribution in [3.63, 3.8) is 0 Å². The number of aliphatic hydroxyl groups excluding tert-OH is 1. The first kappa shape index (κ1) is 14.8. The topological polar surface area (TPSA) is 71.0 Å². The lowest BCUT2D eigenvalue weighted by Crippen LogP contribution is -2.49. The highest BCUT2D eigenvalue weighted by Gasteiger charge is 2.29. The summed E-state index contributed by atoms with van der Waals surface area (Å²) < 4.78 is 10.2. The number of fused-ring (bicyclic) bond motifs is 1. The molecule has 1 atom stereocenters. The fraction of sp³-hybridized carbons (Fsp3) is 0.500. The Kier molecular flexibility index (Phi) is 5.34. The molecular weight excluding hydrogens is 260 g/mol. The summed E-state index contributed by atoms with van der Waals surface area (Å²) in [6.45, 7) is 2.06. The van der Waals surface area contributed by atoms with Gasteiger partial charge >= 0.3 is 0 Å². The number of nitrogens with one attached hydrogen (secondary N) is 1. The maximum atomic E-state index is 12.3. The van der Waals surface area contributed by atoms with Gasteiger partial charge in [0.2, 0.25) is 6.35 Å². The van der Waals surface area contributed by atoms with Gasteiger partial charge in [-0.25, -0.2) is 0 Å². The SMILES string of the molecule is COCCOCCCN1C(=O)c2ccccc2NC1O. The number of methoxy groups -OCH3 is 1. The van der Waals surface area contributed by atoms with Crippen molar-refractivity contribution in [3.8, 4) is 0 Å². The molecule has 0 aliphatic carbocycles. The maximum Gasteiger partial charge on any atom is 0.259 e. The Labute approximate surface area is 118 Å². The minimum Gasteiger partial charge on any atom is -0.382 e. The van der Waals surface area contributed by atoms with Gasteiger partial charge in [-0.3, -0.25) is 9.69 Å². The number of rotatable bonds is 7. The highest BCUT2D eigenvalue weighted by atomic mass is 16.5. The van der Waals surface area contributed by atoms with Crippen molar-refractivity contribution in [2.75, 3.05) is 38.8 Å². The van der Waals surface area contributed by atoms with E-state index in [1.807, 2.05) is 12.1 Å². The van der Waals surface area contributed by atoms with E-state index in [9.17, 15) is 9.90 Å². The molecule has 0 fully saturated rings. The van der Waals surface area contributed by atoms with Crippen molar-refractivity contribution in [2.45, 2.75) is 12.8 Å². The lowest BCUT2D eigenvalue weighted by atomic mass is 10.1. The van der Waals surface area contributed by atoms with Crippen molar-refractivity contribution < 1.29 is 19.4 Å². The number of ether oxygens (including phenoxy) is 2. The molecular formula is C14H20N2O4. The van der Waals surface area contributed by atoms with Crippen LogP contribution in [0.1, 0.15) is 16.8 Å². The molecule has 1 amide bonds. The molecule has 1 aliphatic rings. The number of nitrogens with zero attached hydrogens (tertiary/aromatic N) is 1. The molecule has 1 aliphatic heterocycles. The molecule has 2 N–H and O–H groups in total. The number of hydrogen-bond donors (Lipinski definition) is 2. The predicted molar refractivity (Wildman–Crippen MR) is 74.4 cm³/mol. The monoisotopic (exact) mass is 280 g/mol. The first-order valence-corrected chi connectivity index (χ1v) is 6.65. The van der Waals surface area contributed by atoms with Crippen LogP contribution in [0.15, 0.2) is 24.3 Å². The lowest BCUT2D eigenvalue weighted by Gasteiger charge is -2.34. The molecule has 0 aromatic heterocycles. The highest BCUT2D eigenvalue weighted by molar-refractivity contribution is 6.01. The molecule has 0 spiro atoms. The Morgan fingerprint density at radius 2 is 2.10 bits per heavy atom. The predicted octanol–water partition coefficient (Wildman–Crippen LogP) is 0.883. The number of carbonyl (C=O) groups excluding carboxylic acids is 1. The van der Waals surface area contributed by atoms with Gasteiger partial charge in [0.05, 0.1) is 24.5 Å². The third kappa shape index (κ3) is 3.47. The number of benzene rings is 1. The summed E-state index contributed by atoms with van der Waals surface area (Å²) >= 11 is 0. The van der Waals surface area contributed by atoms with E-state index >= 15 is 0 Å². The summed E-state index contributed by atoms with van der Waals surface area (Å²) in [6.07, 6.45) is -0.326. The zero-order chi connectivity index (χ0) is 14.4. The van der Waals surface area contributed by atoms with Crippen LogP contribution in [0.3, 0.4) is 0 Å². The van der Waals surface area contributed by atoms with E-state index in [-0.39, 0.29) is 5.91 Å². The normalized spacial score (nSPS) is 17.8. The quantitative estimate of drug-likeness (QED) is 0.726. The van der Waals surface area contributed by atoms with Crippen molar-refractivity contribution in [2.24, 2.45) is 0 Å². The van der Waals surface area contributed by atoms with Crippen LogP contribution in [0.25, 0.3) is 0 Å². The van der Waals surface area contributed by atoms with Crippen LogP contribution in [0.2, 0.25) is 0 Å². The molecule has 1 aromatic rings. The zero-order valence-electron chi connectivity index (χ0n) is 11.5. The average molecular weight is 280 g/mol. The molecule has 110 valence electrons. The summed E-state index contributed by atoms with van der Waals surface area (Å²) in [6, 6.07) is 7.16. The Hall–Kier alpha value is -1.63. The van der Waals surface area contributed by atoms with E-state index in [2.05, 4.69) is 5.32 Å². The fourth-order valence-corrected chi connectivity index (χ4v) is 2.08. The van der Waals surface area contributed by atoms with Gasteiger partial charge in [0, 0.05) is 20.3 Å². The zero-order valence-corrected chi connectivity index (χ0v) is 11.5. The molecule has 1 heterocycles. The number of anilines is 1. The largest absolute Gasteiger partial charge is 0.382 e. The second-order valence-corrected chi connectivity index (χ2v) is 4.52. The van der Waals surface area contributed by atoms with Crippen molar-refractivity contribution in [1.82, 2.24) is 4.90 Å². The van der Waals surface area contributed by atoms with Gasteiger partial charge in [0.25, 0.3) is 5.91 Å². The summed E-state index contributed by atoms with van der Waals surface area (Å²) in [5.41, 5.74) is 1.25. The van der Waals surface area contributed by atoms with Gasteiger partial charge in [-0.2, -0.15) is 0 Å². The first-order valence-electron chi connectivity index (χ1n) is 6.65. The summed E-state index contributed by atoms with van der Waals surface area (Å²) in [7, 11) is 1.62. The molecule has 0 saturated carbocycles. The maximum absolute atomic E-state index is 12.3. The molecule has 1 aromatic carbocycles. The van der Waals surface area contributed by atoms with Crippen LogP contribution in [0.4, 0.5) is 5.69 Å². The van der Waals surface area contributed by atoms with Gasteiger partial charge in [-0.05, 0) is 18.6 Å². The summed E-state index contributed by atoms with van der Waals surface area (Å²) in [5, 5.41) is 12.9. The molecule has 0 bridgehead atoms. The molecule has 0 saturated heterocycles. The molecule has 0 radical (unpaired) electrons. The average Bonchev–Trinajstić information content (AvgIpc) is 2.45. The summed E-state index contributed by atoms with van der Waals surface area (Å²) in [4.78, 5) is 13.7. The van der Waals surface area contributed by atoms with Crippen molar-refractivity contribution in [1.29, 1.82) is 0 Å². The molecule has 20 heavy (non-hydrogen) atoms. The number of para-hydroxylation sites is 1. The van der Waals surface area contributed by atoms with Gasteiger partial charge in [-0.1, -0.05) is 12.1 Å². The minimum atomic E-state index is -0.989. The van der Waals surface area contributed by atoms with Crippen LogP contribution in [0.5, 0.6) is 0 Å². The highest BCUT2D eigenvalue weighted by Crippen LogP contribution is 2.24. The number of hydrogen-bond acceptors (Lipinski definition) is 5. The number of aliphatic hydroxyl groups is 1. The van der Waals surface area contributed by atoms with E-state index in [0.29, 0.717) is 44.0 Å². The minimum absolute atomic E-state index is 0.163. The Morgan fingerprint density at radius 1 is 1.30 bits per heavy atom. The second kappa shape index (κ2) is 7.23. The van der Waals surface area contributed by atoms with E-state index in [1.165, 1.54) is 4.90 Å². The van der Waals surface area contributed by atoms with Gasteiger partial charge < -0.3 is 19.9 Å². The lowest BCUT2D eigenvalue weighted by molar-refractivity contribution is 0.0119. The smallest absolute Gasteiger partial charge is 0.259 e. The molecule has 6 heteroatoms. The van der Waals surface area contributed by atoms with E-state index < -0.39 is 6.35 Å². The van der Waals surface area contributed by atoms with Crippen LogP contribution >= 0.6 is 0 Å². The van der Waals surface area contributed by atoms with Gasteiger partial charge in [0.1, 0.15) is 0 Å². The fourth-order valence-electron chi connectivity index (χ4n) is 2.08. The van der Waals surface area contributed by atoms with Crippen LogP contribution in [-0.2, 0) is 9.47 Å². The molecule has 1 unspecified atom stereocenters. The Morgan fingerprint density at radius 3 is 2.90 bits per heavy atom. The van der Waals surface area contributed by atoms with Gasteiger partial charge in [0.15, 0.2) is 0 Å². The second-order valence-electron chi connectivity index (χ2n) is 4.52. The third-order valence-electron chi connectivity index (χ3n) is 3.12. The van der Waals surface area contributed by atoms with E-state index in [1.54, 1.807) is 19.2 Å². The van der Waals surface area contributed by atoms with E-state index in [4.69, 9.17) is 9.47 Å². The Bertz CT molecular complexity index is 453. The number of amides is 1. The van der Waals surface area contributed by atoms with Crippen LogP contribution in [-0.4, -0.2) is 55.7 Å². The van der Waals surface area contributed by atoms with Crippen molar-refractivity contribution >= 4 is 11.6 Å². The first-order chi connectivity index (χ1) is 9.74. The third-order valence-corrected chi connectivity index (χ3v) is 3.12. The molecule has 6 nitrogen and oxygen atoms in total. The van der Waals surface area contributed by atoms with Crippen LogP contribution in [0, 0.1) is 0 Å². The van der Waals surface area contributed by atoms with Crippen molar-refractivity contribution in [3.05, 3.63) is 29.8 Å². The Balaban J connectivity index is 1.85.